The third kappa shape index (κ3) is 4.52. The summed E-state index contributed by atoms with van der Waals surface area (Å²) in [5.74, 6) is 2.80. The molecule has 3 rings (SSSR count). The normalized spacial score (nSPS) is 9.96. The lowest BCUT2D eigenvalue weighted by Crippen LogP contribution is -2.03. The van der Waals surface area contributed by atoms with Gasteiger partial charge in [-0.25, -0.2) is 0 Å². The van der Waals surface area contributed by atoms with Crippen molar-refractivity contribution in [2.24, 2.45) is 0 Å². The van der Waals surface area contributed by atoms with Gasteiger partial charge in [-0.3, -0.25) is 4.79 Å². The molecular weight excluding hydrogens is 324 g/mol. The van der Waals surface area contributed by atoms with Crippen LogP contribution >= 0.6 is 0 Å². The van der Waals surface area contributed by atoms with E-state index in [0.717, 1.165) is 11.1 Å². The van der Waals surface area contributed by atoms with E-state index in [9.17, 15) is 4.79 Å². The zero-order valence-corrected chi connectivity index (χ0v) is 14.2. The second-order valence-corrected chi connectivity index (χ2v) is 5.68. The van der Waals surface area contributed by atoms with Crippen molar-refractivity contribution < 1.29 is 14.3 Å². The summed E-state index contributed by atoms with van der Waals surface area (Å²) in [7, 11) is 0. The van der Waals surface area contributed by atoms with E-state index in [1.54, 1.807) is 18.2 Å². The van der Waals surface area contributed by atoms with Crippen LogP contribution in [0.5, 0.6) is 11.5 Å². The van der Waals surface area contributed by atoms with Gasteiger partial charge in [0.2, 0.25) is 5.78 Å². The van der Waals surface area contributed by atoms with E-state index in [1.165, 1.54) is 0 Å². The van der Waals surface area contributed by atoms with Crippen LogP contribution in [0.4, 0.5) is 0 Å². The van der Waals surface area contributed by atoms with Gasteiger partial charge in [-0.2, -0.15) is 0 Å². The zero-order valence-electron chi connectivity index (χ0n) is 14.2. The molecule has 0 saturated carbocycles. The molecule has 0 amide bonds. The van der Waals surface area contributed by atoms with Crippen LogP contribution in [0.15, 0.2) is 78.9 Å². The van der Waals surface area contributed by atoms with Crippen LogP contribution in [0, 0.1) is 12.3 Å². The highest BCUT2D eigenvalue weighted by Gasteiger charge is 2.11. The van der Waals surface area contributed by atoms with Gasteiger partial charge >= 0.3 is 0 Å². The SMILES string of the molecule is C#CC(=O)c1ccc(OCc2ccccc2)c(OCc2ccccc2)c1. The van der Waals surface area contributed by atoms with Crippen molar-refractivity contribution in [1.82, 2.24) is 0 Å². The first kappa shape index (κ1) is 17.3. The first-order valence-electron chi connectivity index (χ1n) is 8.24. The number of ether oxygens (including phenoxy) is 2. The van der Waals surface area contributed by atoms with Crippen LogP contribution in [0.25, 0.3) is 0 Å². The minimum Gasteiger partial charge on any atom is -0.485 e. The van der Waals surface area contributed by atoms with E-state index in [1.807, 2.05) is 60.7 Å². The van der Waals surface area contributed by atoms with Gasteiger partial charge < -0.3 is 9.47 Å². The van der Waals surface area contributed by atoms with Gasteiger partial charge in [0.15, 0.2) is 11.5 Å². The number of rotatable bonds is 7. The number of ketones is 1. The summed E-state index contributed by atoms with van der Waals surface area (Å²) in [4.78, 5) is 11.8. The molecular formula is C23H18O3. The molecule has 0 radical (unpaired) electrons. The van der Waals surface area contributed by atoms with Gasteiger partial charge in [0.25, 0.3) is 0 Å². The Morgan fingerprint density at radius 1 is 0.769 bits per heavy atom. The molecule has 0 aliphatic heterocycles. The fourth-order valence-electron chi connectivity index (χ4n) is 2.44. The Bertz CT molecular complexity index is 909. The molecule has 3 aromatic carbocycles. The zero-order chi connectivity index (χ0) is 18.2. The van der Waals surface area contributed by atoms with Gasteiger partial charge in [-0.1, -0.05) is 60.7 Å². The molecule has 3 nitrogen and oxygen atoms in total. The second-order valence-electron chi connectivity index (χ2n) is 5.68. The van der Waals surface area contributed by atoms with Crippen LogP contribution < -0.4 is 9.47 Å². The average Bonchev–Trinajstić information content (AvgIpc) is 2.72. The van der Waals surface area contributed by atoms with Crippen LogP contribution in [-0.2, 0) is 13.2 Å². The monoisotopic (exact) mass is 342 g/mol. The minimum absolute atomic E-state index is 0.371. The Morgan fingerprint density at radius 3 is 1.85 bits per heavy atom. The topological polar surface area (TPSA) is 35.5 Å². The van der Waals surface area contributed by atoms with Gasteiger partial charge in [0, 0.05) is 5.56 Å². The van der Waals surface area contributed by atoms with E-state index in [4.69, 9.17) is 15.9 Å². The van der Waals surface area contributed by atoms with Crippen molar-refractivity contribution >= 4 is 5.78 Å². The number of hydrogen-bond acceptors (Lipinski definition) is 3. The summed E-state index contributed by atoms with van der Waals surface area (Å²) in [6.45, 7) is 0.779. The van der Waals surface area contributed by atoms with Crippen molar-refractivity contribution in [2.45, 2.75) is 13.2 Å². The number of terminal acetylenes is 1. The number of hydrogen-bond donors (Lipinski definition) is 0. The molecule has 0 aromatic heterocycles. The predicted octanol–water partition coefficient (Wildman–Crippen LogP) is 4.66. The van der Waals surface area contributed by atoms with Crippen LogP contribution in [0.1, 0.15) is 21.5 Å². The Kier molecular flexibility index (Phi) is 5.69. The Labute approximate surface area is 153 Å². The summed E-state index contributed by atoms with van der Waals surface area (Å²) < 4.78 is 11.8. The highest BCUT2D eigenvalue weighted by molar-refractivity contribution is 6.08. The number of carbonyl (C=O) groups is 1. The predicted molar refractivity (Wildman–Crippen MR) is 101 cm³/mol. The molecule has 0 heterocycles. The molecule has 0 aliphatic rings. The lowest BCUT2D eigenvalue weighted by Gasteiger charge is -2.14. The average molecular weight is 342 g/mol. The van der Waals surface area contributed by atoms with Crippen molar-refractivity contribution in [1.29, 1.82) is 0 Å². The maximum atomic E-state index is 11.8. The molecule has 3 aromatic rings. The molecule has 0 aliphatic carbocycles. The highest BCUT2D eigenvalue weighted by atomic mass is 16.5. The van der Waals surface area contributed by atoms with Crippen molar-refractivity contribution in [3.63, 3.8) is 0 Å². The quantitative estimate of drug-likeness (QED) is 0.356. The Morgan fingerprint density at radius 2 is 1.31 bits per heavy atom. The molecule has 0 N–H and O–H groups in total. The van der Waals surface area contributed by atoms with E-state index in [0.29, 0.717) is 30.3 Å². The Hall–Kier alpha value is -3.51. The lowest BCUT2D eigenvalue weighted by molar-refractivity contribution is 0.105. The van der Waals surface area contributed by atoms with Gasteiger partial charge in [0.05, 0.1) is 0 Å². The lowest BCUT2D eigenvalue weighted by atomic mass is 10.1. The van der Waals surface area contributed by atoms with E-state index >= 15 is 0 Å². The van der Waals surface area contributed by atoms with Gasteiger partial charge in [-0.15, -0.1) is 6.42 Å². The molecule has 0 spiro atoms. The first-order valence-corrected chi connectivity index (χ1v) is 8.24. The van der Waals surface area contributed by atoms with Crippen LogP contribution in [0.3, 0.4) is 0 Å². The summed E-state index contributed by atoms with van der Waals surface area (Å²) >= 11 is 0. The molecule has 3 heteroatoms. The summed E-state index contributed by atoms with van der Waals surface area (Å²) in [6.07, 6.45) is 5.22. The summed E-state index contributed by atoms with van der Waals surface area (Å²) in [5, 5.41) is 0. The van der Waals surface area contributed by atoms with Crippen molar-refractivity contribution in [3.05, 3.63) is 95.6 Å². The third-order valence-corrected chi connectivity index (χ3v) is 3.81. The summed E-state index contributed by atoms with van der Waals surface area (Å²) in [5.41, 5.74) is 2.48. The van der Waals surface area contributed by atoms with Crippen molar-refractivity contribution in [3.8, 4) is 23.8 Å². The fraction of sp³-hybridized carbons (Fsp3) is 0.0870. The molecule has 26 heavy (non-hydrogen) atoms. The summed E-state index contributed by atoms with van der Waals surface area (Å²) in [6, 6.07) is 24.6. The van der Waals surface area contributed by atoms with Crippen LogP contribution in [-0.4, -0.2) is 5.78 Å². The van der Waals surface area contributed by atoms with E-state index in [2.05, 4.69) is 5.92 Å². The molecule has 128 valence electrons. The molecule has 0 atom stereocenters. The fourth-order valence-corrected chi connectivity index (χ4v) is 2.44. The third-order valence-electron chi connectivity index (χ3n) is 3.81. The molecule has 0 saturated heterocycles. The maximum Gasteiger partial charge on any atom is 0.235 e. The highest BCUT2D eigenvalue weighted by Crippen LogP contribution is 2.30. The minimum atomic E-state index is -0.385. The van der Waals surface area contributed by atoms with Gasteiger partial charge in [0.1, 0.15) is 13.2 Å². The van der Waals surface area contributed by atoms with Crippen LogP contribution in [0.2, 0.25) is 0 Å². The second kappa shape index (κ2) is 8.55. The smallest absolute Gasteiger partial charge is 0.235 e. The number of carbonyl (C=O) groups excluding carboxylic acids is 1. The van der Waals surface area contributed by atoms with E-state index < -0.39 is 0 Å². The van der Waals surface area contributed by atoms with E-state index in [-0.39, 0.29) is 5.78 Å². The largest absolute Gasteiger partial charge is 0.485 e. The molecule has 0 unspecified atom stereocenters. The molecule has 0 fully saturated rings. The molecule has 0 bridgehead atoms. The number of Topliss-reactive ketones (excluding diaryl/α,β-unsaturated/α-hetero) is 1. The first-order chi connectivity index (χ1) is 12.8. The number of benzene rings is 3. The Balaban J connectivity index is 1.80. The maximum absolute atomic E-state index is 11.8. The van der Waals surface area contributed by atoms with Crippen molar-refractivity contribution in [2.75, 3.05) is 0 Å². The van der Waals surface area contributed by atoms with Gasteiger partial charge in [-0.05, 0) is 35.2 Å². The standard InChI is InChI=1S/C23H18O3/c1-2-21(24)20-13-14-22(25-16-18-9-5-3-6-10-18)23(15-20)26-17-19-11-7-4-8-12-19/h1,3-15H,16-17H2.